The molecule has 48 heavy (non-hydrogen) atoms. The van der Waals surface area contributed by atoms with E-state index in [2.05, 4.69) is 54.6 Å². The number of ether oxygens (including phenoxy) is 2. The molecular weight excluding hydrogens is 590 g/mol. The molecule has 1 spiro atoms. The average Bonchev–Trinajstić information content (AvgIpc) is 3.43. The molecule has 4 saturated carbocycles. The van der Waals surface area contributed by atoms with Crippen molar-refractivity contribution in [2.45, 2.75) is 37.5 Å². The average molecular weight is 624 g/mol. The molecule has 6 aliphatic rings. The number of fused-ring (bicyclic) bond motifs is 6. The second kappa shape index (κ2) is 9.86. The lowest BCUT2D eigenvalue weighted by atomic mass is 9.43. The summed E-state index contributed by atoms with van der Waals surface area (Å²) < 4.78 is 13.2. The first-order valence-electron chi connectivity index (χ1n) is 17.4. The third-order valence-corrected chi connectivity index (χ3v) is 12.0. The molecule has 0 radical (unpaired) electrons. The van der Waals surface area contributed by atoms with Gasteiger partial charge in [0.05, 0.1) is 0 Å². The Morgan fingerprint density at radius 3 is 1.67 bits per heavy atom. The van der Waals surface area contributed by atoms with Crippen LogP contribution in [0.3, 0.4) is 0 Å². The second-order valence-corrected chi connectivity index (χ2v) is 14.4. The maximum absolute atomic E-state index is 6.75. The van der Waals surface area contributed by atoms with E-state index in [4.69, 9.17) is 24.4 Å². The zero-order valence-electron chi connectivity index (χ0n) is 26.5. The van der Waals surface area contributed by atoms with Gasteiger partial charge in [-0.1, -0.05) is 91.0 Å². The highest BCUT2D eigenvalue weighted by molar-refractivity contribution is 5.90. The van der Waals surface area contributed by atoms with E-state index in [9.17, 15) is 0 Å². The summed E-state index contributed by atoms with van der Waals surface area (Å²) in [6, 6.07) is 39.9. The van der Waals surface area contributed by atoms with Gasteiger partial charge in [0.2, 0.25) is 0 Å². The highest BCUT2D eigenvalue weighted by Gasteiger charge is 2.62. The Balaban J connectivity index is 1.13. The molecule has 4 bridgehead atoms. The Kier molecular flexibility index (Phi) is 5.50. The summed E-state index contributed by atoms with van der Waals surface area (Å²) in [6.45, 7) is 0. The normalized spacial score (nSPS) is 25.1. The van der Waals surface area contributed by atoms with Crippen molar-refractivity contribution < 1.29 is 9.47 Å². The lowest BCUT2D eigenvalue weighted by Crippen LogP contribution is -2.55. The van der Waals surface area contributed by atoms with Gasteiger partial charge in [0.25, 0.3) is 0 Å². The van der Waals surface area contributed by atoms with E-state index < -0.39 is 0 Å². The van der Waals surface area contributed by atoms with Crippen LogP contribution < -0.4 is 9.47 Å². The third-order valence-electron chi connectivity index (χ3n) is 12.0. The van der Waals surface area contributed by atoms with Crippen LogP contribution in [0.5, 0.6) is 23.0 Å². The Morgan fingerprint density at radius 1 is 0.479 bits per heavy atom. The zero-order chi connectivity index (χ0) is 31.4. The molecule has 1 aromatic heterocycles. The monoisotopic (exact) mass is 623 g/mol. The fourth-order valence-corrected chi connectivity index (χ4v) is 10.3. The Hall–Kier alpha value is -5.29. The summed E-state index contributed by atoms with van der Waals surface area (Å²) in [4.78, 5) is 15.2. The number of benzene rings is 5. The number of aromatic nitrogens is 3. The van der Waals surface area contributed by atoms with Crippen molar-refractivity contribution in [1.82, 2.24) is 15.0 Å². The van der Waals surface area contributed by atoms with Crippen molar-refractivity contribution in [3.63, 3.8) is 0 Å². The van der Waals surface area contributed by atoms with Crippen molar-refractivity contribution in [3.8, 4) is 68.3 Å². The Bertz CT molecular complexity index is 2180. The molecule has 5 heteroatoms. The summed E-state index contributed by atoms with van der Waals surface area (Å²) in [7, 11) is 0. The zero-order valence-corrected chi connectivity index (χ0v) is 26.5. The lowest BCUT2D eigenvalue weighted by Gasteiger charge is -2.61. The topological polar surface area (TPSA) is 57.1 Å². The van der Waals surface area contributed by atoms with Gasteiger partial charge in [-0.3, -0.25) is 0 Å². The number of rotatable bonds is 3. The van der Waals surface area contributed by atoms with Crippen LogP contribution in [0.4, 0.5) is 0 Å². The van der Waals surface area contributed by atoms with E-state index in [1.54, 1.807) is 0 Å². The predicted molar refractivity (Wildman–Crippen MR) is 186 cm³/mol. The molecule has 12 rings (SSSR count). The minimum atomic E-state index is -0.0546. The third kappa shape index (κ3) is 3.70. The summed E-state index contributed by atoms with van der Waals surface area (Å²) in [5, 5.41) is 0. The SMILES string of the molecule is c1ccc(-c2nc(-c3ccccc3)nc(-c3ccc4c(c3)C3(c5ccc6c(c5-4)Oc4ccccc4O6)C4CC5CC(C4)CC3C5)n2)cc1. The molecule has 0 N–H and O–H groups in total. The van der Waals surface area contributed by atoms with Crippen LogP contribution in [0.15, 0.2) is 115 Å². The molecule has 5 aromatic carbocycles. The maximum Gasteiger partial charge on any atom is 0.178 e. The van der Waals surface area contributed by atoms with Crippen molar-refractivity contribution in [2.75, 3.05) is 0 Å². The van der Waals surface area contributed by atoms with Crippen LogP contribution in [0, 0.1) is 23.7 Å². The fourth-order valence-electron chi connectivity index (χ4n) is 10.3. The highest BCUT2D eigenvalue weighted by atomic mass is 16.6. The van der Waals surface area contributed by atoms with E-state index in [-0.39, 0.29) is 5.41 Å². The highest BCUT2D eigenvalue weighted by Crippen LogP contribution is 2.71. The minimum absolute atomic E-state index is 0.0546. The standard InChI is InChI=1S/C43H33N3O2/c1-3-9-27(10-4-1)40-44-41(28-11-5-2-6-12-28)46-42(45-40)29-15-16-32-34(24-29)43(30-20-25-19-26(22-30)23-31(43)21-25)33-17-18-37-39(38(32)33)48-36-14-8-7-13-35(36)47-37/h1-18,24-26,30-31H,19-23H2. The minimum Gasteiger partial charge on any atom is -0.449 e. The fraction of sp³-hybridized carbons (Fsp3) is 0.233. The van der Waals surface area contributed by atoms with Crippen LogP contribution in [0.2, 0.25) is 0 Å². The molecule has 0 amide bonds. The molecule has 0 saturated heterocycles. The van der Waals surface area contributed by atoms with Crippen molar-refractivity contribution in [1.29, 1.82) is 0 Å². The van der Waals surface area contributed by atoms with Gasteiger partial charge in [0.1, 0.15) is 0 Å². The molecule has 6 aromatic rings. The van der Waals surface area contributed by atoms with Gasteiger partial charge >= 0.3 is 0 Å². The first-order valence-corrected chi connectivity index (χ1v) is 17.4. The first-order chi connectivity index (χ1) is 23.7. The van der Waals surface area contributed by atoms with Gasteiger partial charge in [-0.15, -0.1) is 0 Å². The van der Waals surface area contributed by atoms with Crippen LogP contribution >= 0.6 is 0 Å². The molecule has 4 fully saturated rings. The predicted octanol–water partition coefficient (Wildman–Crippen LogP) is 10.5. The molecule has 5 nitrogen and oxygen atoms in total. The number of nitrogens with zero attached hydrogens (tertiary/aromatic N) is 3. The quantitative estimate of drug-likeness (QED) is 0.196. The largest absolute Gasteiger partial charge is 0.449 e. The lowest BCUT2D eigenvalue weighted by molar-refractivity contribution is -0.0399. The van der Waals surface area contributed by atoms with Gasteiger partial charge in [-0.05, 0) is 96.7 Å². The van der Waals surface area contributed by atoms with E-state index in [0.717, 1.165) is 51.5 Å². The van der Waals surface area contributed by atoms with Gasteiger partial charge in [-0.25, -0.2) is 15.0 Å². The number of hydrogen-bond acceptors (Lipinski definition) is 5. The van der Waals surface area contributed by atoms with Crippen LogP contribution in [0.25, 0.3) is 45.3 Å². The van der Waals surface area contributed by atoms with Gasteiger partial charge in [-0.2, -0.15) is 0 Å². The molecule has 2 heterocycles. The second-order valence-electron chi connectivity index (χ2n) is 14.4. The van der Waals surface area contributed by atoms with Crippen molar-refractivity contribution in [3.05, 3.63) is 126 Å². The maximum atomic E-state index is 6.75. The molecule has 5 aliphatic carbocycles. The summed E-state index contributed by atoms with van der Waals surface area (Å²) >= 11 is 0. The van der Waals surface area contributed by atoms with Crippen LogP contribution in [0.1, 0.15) is 43.2 Å². The van der Waals surface area contributed by atoms with E-state index in [1.807, 2.05) is 60.7 Å². The van der Waals surface area contributed by atoms with Crippen molar-refractivity contribution in [2.24, 2.45) is 23.7 Å². The molecular formula is C43H33N3O2. The van der Waals surface area contributed by atoms with Gasteiger partial charge in [0, 0.05) is 27.7 Å². The van der Waals surface area contributed by atoms with Gasteiger partial charge < -0.3 is 9.47 Å². The molecule has 0 atom stereocenters. The molecule has 232 valence electrons. The van der Waals surface area contributed by atoms with Crippen LogP contribution in [-0.2, 0) is 5.41 Å². The summed E-state index contributed by atoms with van der Waals surface area (Å²) in [6.07, 6.45) is 6.62. The number of hydrogen-bond donors (Lipinski definition) is 0. The van der Waals surface area contributed by atoms with E-state index in [0.29, 0.717) is 29.3 Å². The van der Waals surface area contributed by atoms with Crippen molar-refractivity contribution >= 4 is 0 Å². The van der Waals surface area contributed by atoms with E-state index in [1.165, 1.54) is 54.4 Å². The molecule has 1 aliphatic heterocycles. The number of para-hydroxylation sites is 2. The summed E-state index contributed by atoms with van der Waals surface area (Å²) in [5.74, 6) is 8.17. The van der Waals surface area contributed by atoms with E-state index >= 15 is 0 Å². The first kappa shape index (κ1) is 26.7. The smallest absolute Gasteiger partial charge is 0.178 e. The van der Waals surface area contributed by atoms with Gasteiger partial charge in [0.15, 0.2) is 40.5 Å². The Morgan fingerprint density at radius 2 is 1.04 bits per heavy atom. The Labute approximate surface area is 279 Å². The van der Waals surface area contributed by atoms with Crippen LogP contribution in [-0.4, -0.2) is 15.0 Å². The molecule has 0 unspecified atom stereocenters. The summed E-state index contributed by atoms with van der Waals surface area (Å²) in [5.41, 5.74) is 8.26.